The van der Waals surface area contributed by atoms with E-state index < -0.39 is 12.1 Å². The number of carboxylic acids is 1. The van der Waals surface area contributed by atoms with Crippen molar-refractivity contribution in [3.05, 3.63) is 23.8 Å². The summed E-state index contributed by atoms with van der Waals surface area (Å²) in [5.41, 5.74) is 1.75. The van der Waals surface area contributed by atoms with E-state index in [2.05, 4.69) is 5.32 Å². The molecule has 1 aliphatic rings. The molecule has 1 atom stereocenters. The lowest BCUT2D eigenvalue weighted by Gasteiger charge is -2.18. The van der Waals surface area contributed by atoms with Crippen LogP contribution in [0.2, 0.25) is 0 Å². The summed E-state index contributed by atoms with van der Waals surface area (Å²) in [6.45, 7) is 1.48. The zero-order valence-corrected chi connectivity index (χ0v) is 9.40. The van der Waals surface area contributed by atoms with Crippen LogP contribution < -0.4 is 10.1 Å². The second-order valence-electron chi connectivity index (χ2n) is 3.97. The fourth-order valence-corrected chi connectivity index (χ4v) is 1.69. The van der Waals surface area contributed by atoms with Gasteiger partial charge in [-0.05, 0) is 37.1 Å². The third-order valence-corrected chi connectivity index (χ3v) is 2.63. The highest BCUT2D eigenvalue weighted by Crippen LogP contribution is 2.27. The molecule has 0 radical (unpaired) electrons. The van der Waals surface area contributed by atoms with Gasteiger partial charge in [0, 0.05) is 12.1 Å². The molecule has 5 nitrogen and oxygen atoms in total. The number of anilines is 1. The van der Waals surface area contributed by atoms with E-state index >= 15 is 0 Å². The first kappa shape index (κ1) is 11.4. The van der Waals surface area contributed by atoms with E-state index in [1.807, 2.05) is 0 Å². The van der Waals surface area contributed by atoms with Crippen molar-refractivity contribution in [2.45, 2.75) is 25.9 Å². The summed E-state index contributed by atoms with van der Waals surface area (Å²) in [7, 11) is 0. The third kappa shape index (κ3) is 2.55. The monoisotopic (exact) mass is 235 g/mol. The first-order valence-corrected chi connectivity index (χ1v) is 5.38. The number of rotatable bonds is 3. The Labute approximate surface area is 98.4 Å². The molecule has 0 spiro atoms. The van der Waals surface area contributed by atoms with E-state index in [4.69, 9.17) is 9.84 Å². The molecule has 1 heterocycles. The second kappa shape index (κ2) is 4.45. The van der Waals surface area contributed by atoms with E-state index in [-0.39, 0.29) is 5.91 Å². The number of fused-ring (bicyclic) bond motifs is 1. The summed E-state index contributed by atoms with van der Waals surface area (Å²) < 4.78 is 5.26. The Kier molecular flexibility index (Phi) is 2.99. The molecule has 0 aliphatic carbocycles. The summed E-state index contributed by atoms with van der Waals surface area (Å²) in [6, 6.07) is 5.16. The average Bonchev–Trinajstić information content (AvgIpc) is 2.29. The van der Waals surface area contributed by atoms with Crippen molar-refractivity contribution in [3.63, 3.8) is 0 Å². The summed E-state index contributed by atoms with van der Waals surface area (Å²) in [5, 5.41) is 11.5. The van der Waals surface area contributed by atoms with Gasteiger partial charge in [-0.15, -0.1) is 0 Å². The lowest BCUT2D eigenvalue weighted by molar-refractivity contribution is -0.144. The van der Waals surface area contributed by atoms with Crippen LogP contribution in [0.5, 0.6) is 5.75 Å². The Morgan fingerprint density at radius 2 is 2.24 bits per heavy atom. The minimum Gasteiger partial charge on any atom is -0.479 e. The first-order valence-electron chi connectivity index (χ1n) is 5.38. The molecule has 1 aliphatic heterocycles. The van der Waals surface area contributed by atoms with Crippen LogP contribution in [-0.2, 0) is 16.0 Å². The van der Waals surface area contributed by atoms with Gasteiger partial charge in [-0.25, -0.2) is 4.79 Å². The number of carbonyl (C=O) groups is 2. The normalized spacial score (nSPS) is 15.7. The standard InChI is InChI=1S/C12H13NO4/c1-7(12(15)16)17-9-3-4-10-8(6-9)2-5-11(14)13-10/h3-4,6-7H,2,5H2,1H3,(H,13,14)(H,15,16). The predicted octanol–water partition coefficient (Wildman–Crippen LogP) is 1.42. The number of ether oxygens (including phenoxy) is 1. The highest BCUT2D eigenvalue weighted by Gasteiger charge is 2.17. The maximum Gasteiger partial charge on any atom is 0.344 e. The van der Waals surface area contributed by atoms with Crippen LogP contribution in [0.4, 0.5) is 5.69 Å². The highest BCUT2D eigenvalue weighted by molar-refractivity contribution is 5.94. The van der Waals surface area contributed by atoms with Gasteiger partial charge in [0.05, 0.1) is 0 Å². The predicted molar refractivity (Wildman–Crippen MR) is 61.1 cm³/mol. The van der Waals surface area contributed by atoms with Crippen LogP contribution in [0.25, 0.3) is 0 Å². The zero-order valence-electron chi connectivity index (χ0n) is 9.40. The number of nitrogens with one attached hydrogen (secondary N) is 1. The van der Waals surface area contributed by atoms with Gasteiger partial charge in [0.25, 0.3) is 0 Å². The van der Waals surface area contributed by atoms with Crippen LogP contribution in [-0.4, -0.2) is 23.1 Å². The van der Waals surface area contributed by atoms with E-state index in [1.54, 1.807) is 18.2 Å². The summed E-state index contributed by atoms with van der Waals surface area (Å²) in [4.78, 5) is 21.8. The molecule has 1 aromatic rings. The van der Waals surface area contributed by atoms with E-state index in [9.17, 15) is 9.59 Å². The number of aliphatic carboxylic acids is 1. The Morgan fingerprint density at radius 1 is 1.47 bits per heavy atom. The molecule has 0 fully saturated rings. The molecule has 2 rings (SSSR count). The van der Waals surface area contributed by atoms with E-state index in [1.165, 1.54) is 6.92 Å². The molecule has 17 heavy (non-hydrogen) atoms. The van der Waals surface area contributed by atoms with Crippen molar-refractivity contribution in [3.8, 4) is 5.75 Å². The Morgan fingerprint density at radius 3 is 2.94 bits per heavy atom. The summed E-state index contributed by atoms with van der Waals surface area (Å²) in [6.07, 6.45) is 0.219. The van der Waals surface area contributed by atoms with Gasteiger partial charge < -0.3 is 15.2 Å². The van der Waals surface area contributed by atoms with Crippen molar-refractivity contribution < 1.29 is 19.4 Å². The molecule has 2 N–H and O–H groups in total. The van der Waals surface area contributed by atoms with Crippen molar-refractivity contribution in [1.82, 2.24) is 0 Å². The third-order valence-electron chi connectivity index (χ3n) is 2.63. The Hall–Kier alpha value is -2.04. The number of aryl methyl sites for hydroxylation is 1. The van der Waals surface area contributed by atoms with Crippen LogP contribution in [0.1, 0.15) is 18.9 Å². The number of carbonyl (C=O) groups excluding carboxylic acids is 1. The zero-order chi connectivity index (χ0) is 12.4. The summed E-state index contributed by atoms with van der Waals surface area (Å²) >= 11 is 0. The quantitative estimate of drug-likeness (QED) is 0.830. The van der Waals surface area contributed by atoms with Crippen LogP contribution >= 0.6 is 0 Å². The highest BCUT2D eigenvalue weighted by atomic mass is 16.5. The van der Waals surface area contributed by atoms with Gasteiger partial charge in [0.1, 0.15) is 5.75 Å². The molecule has 0 saturated carbocycles. The van der Waals surface area contributed by atoms with Gasteiger partial charge in [-0.2, -0.15) is 0 Å². The van der Waals surface area contributed by atoms with Crippen LogP contribution in [0.3, 0.4) is 0 Å². The molecule has 1 aromatic carbocycles. The number of hydrogen-bond donors (Lipinski definition) is 2. The number of amides is 1. The largest absolute Gasteiger partial charge is 0.479 e. The first-order chi connectivity index (χ1) is 8.06. The molecule has 1 amide bonds. The molecular formula is C12H13NO4. The second-order valence-corrected chi connectivity index (χ2v) is 3.97. The Bertz CT molecular complexity index is 470. The molecule has 5 heteroatoms. The van der Waals surface area contributed by atoms with Crippen LogP contribution in [0, 0.1) is 0 Å². The van der Waals surface area contributed by atoms with Gasteiger partial charge in [0.2, 0.25) is 5.91 Å². The number of benzene rings is 1. The molecule has 1 unspecified atom stereocenters. The van der Waals surface area contributed by atoms with Crippen molar-refractivity contribution in [2.24, 2.45) is 0 Å². The summed E-state index contributed by atoms with van der Waals surface area (Å²) in [5.74, 6) is -0.490. The van der Waals surface area contributed by atoms with Crippen molar-refractivity contribution in [2.75, 3.05) is 5.32 Å². The molecule has 0 bridgehead atoms. The Balaban J connectivity index is 2.16. The maximum absolute atomic E-state index is 11.2. The topological polar surface area (TPSA) is 75.6 Å². The number of carboxylic acid groups (broad SMARTS) is 1. The molecule has 0 aromatic heterocycles. The van der Waals surface area contributed by atoms with Gasteiger partial charge in [-0.3, -0.25) is 4.79 Å². The SMILES string of the molecule is CC(Oc1ccc2c(c1)CCC(=O)N2)C(=O)O. The lowest BCUT2D eigenvalue weighted by atomic mass is 10.0. The number of hydrogen-bond acceptors (Lipinski definition) is 3. The van der Waals surface area contributed by atoms with Gasteiger partial charge in [0.15, 0.2) is 6.10 Å². The van der Waals surface area contributed by atoms with Crippen molar-refractivity contribution >= 4 is 17.6 Å². The smallest absolute Gasteiger partial charge is 0.344 e. The molecular weight excluding hydrogens is 222 g/mol. The fraction of sp³-hybridized carbons (Fsp3) is 0.333. The van der Waals surface area contributed by atoms with Crippen molar-refractivity contribution in [1.29, 1.82) is 0 Å². The average molecular weight is 235 g/mol. The minimum atomic E-state index is -1.00. The van der Waals surface area contributed by atoms with Gasteiger partial charge in [-0.1, -0.05) is 0 Å². The maximum atomic E-state index is 11.2. The van der Waals surface area contributed by atoms with E-state index in [0.717, 1.165) is 11.3 Å². The van der Waals surface area contributed by atoms with Crippen LogP contribution in [0.15, 0.2) is 18.2 Å². The minimum absolute atomic E-state index is 0.00470. The fourth-order valence-electron chi connectivity index (χ4n) is 1.69. The lowest BCUT2D eigenvalue weighted by Crippen LogP contribution is -2.23. The van der Waals surface area contributed by atoms with Gasteiger partial charge >= 0.3 is 5.97 Å². The van der Waals surface area contributed by atoms with E-state index in [0.29, 0.717) is 18.6 Å². The molecule has 90 valence electrons. The molecule has 0 saturated heterocycles.